The number of fused-ring (bicyclic) bond motifs is 2. The average Bonchev–Trinajstić information content (AvgIpc) is 3.67. The van der Waals surface area contributed by atoms with Crippen LogP contribution in [-0.4, -0.2) is 66.5 Å². The number of halogens is 2. The fraction of sp³-hybridized carbons (Fsp3) is 0.385. The van der Waals surface area contributed by atoms with Gasteiger partial charge in [-0.25, -0.2) is 14.8 Å². The number of urea groups is 1. The number of methoxy groups -OCH3 is 1. The van der Waals surface area contributed by atoms with E-state index in [1.807, 2.05) is 0 Å². The first kappa shape index (κ1) is 26.4. The summed E-state index contributed by atoms with van der Waals surface area (Å²) in [6, 6.07) is 6.29. The molecule has 212 valence electrons. The number of hydrogen-bond acceptors (Lipinski definition) is 9. The Morgan fingerprint density at radius 1 is 1.24 bits per heavy atom. The molecule has 4 aromatic rings. The molecule has 13 nitrogen and oxygen atoms in total. The Labute approximate surface area is 232 Å². The highest BCUT2D eigenvalue weighted by Gasteiger charge is 2.38. The van der Waals surface area contributed by atoms with Crippen molar-refractivity contribution in [2.45, 2.75) is 37.8 Å². The van der Waals surface area contributed by atoms with E-state index in [2.05, 4.69) is 36.8 Å². The number of alkyl halides is 2. The molecular weight excluding hydrogens is 538 g/mol. The smallest absolute Gasteiger partial charge is 0.323 e. The number of nitriles is 1. The second-order valence-electron chi connectivity index (χ2n) is 9.85. The van der Waals surface area contributed by atoms with Gasteiger partial charge >= 0.3 is 6.03 Å². The van der Waals surface area contributed by atoms with Gasteiger partial charge in [-0.05, 0) is 18.9 Å². The number of anilines is 3. The highest BCUT2D eigenvalue weighted by molar-refractivity contribution is 5.89. The molecule has 1 saturated heterocycles. The number of carbonyl (C=O) groups is 1. The zero-order chi connectivity index (χ0) is 28.7. The van der Waals surface area contributed by atoms with Gasteiger partial charge in [-0.15, -0.1) is 0 Å². The Morgan fingerprint density at radius 3 is 2.85 bits per heavy atom. The van der Waals surface area contributed by atoms with Crippen LogP contribution >= 0.6 is 0 Å². The predicted octanol–water partition coefficient (Wildman–Crippen LogP) is 4.11. The summed E-state index contributed by atoms with van der Waals surface area (Å²) in [6.45, 7) is 1.48. The number of nitrogens with zero attached hydrogens (tertiary/aromatic N) is 8. The largest absolute Gasteiger partial charge is 0.454 e. The number of nitrogens with one attached hydrogen (secondary N) is 2. The van der Waals surface area contributed by atoms with E-state index < -0.39 is 5.92 Å². The van der Waals surface area contributed by atoms with Crippen molar-refractivity contribution >= 4 is 34.8 Å². The Balaban J connectivity index is 1.23. The highest BCUT2D eigenvalue weighted by atomic mass is 19.3. The lowest BCUT2D eigenvalue weighted by molar-refractivity contribution is -0.0364. The fourth-order valence-corrected chi connectivity index (χ4v) is 5.05. The monoisotopic (exact) mass is 564 g/mol. The van der Waals surface area contributed by atoms with Gasteiger partial charge < -0.3 is 24.3 Å². The molecule has 2 aliphatic rings. The third kappa shape index (κ3) is 4.97. The summed E-state index contributed by atoms with van der Waals surface area (Å²) in [5.74, 6) is -1.69. The molecule has 41 heavy (non-hydrogen) atoms. The number of hydrogen-bond donors (Lipinski definition) is 2. The molecule has 1 fully saturated rings. The van der Waals surface area contributed by atoms with Gasteiger partial charge in [0.1, 0.15) is 34.4 Å². The van der Waals surface area contributed by atoms with Crippen molar-refractivity contribution in [1.29, 1.82) is 5.26 Å². The number of likely N-dealkylation sites (tertiary alicyclic amines) is 1. The Bertz CT molecular complexity index is 1680. The van der Waals surface area contributed by atoms with Crippen LogP contribution in [-0.2, 0) is 24.3 Å². The lowest BCUT2D eigenvalue weighted by Gasteiger charge is -2.22. The highest BCUT2D eigenvalue weighted by Crippen LogP contribution is 2.38. The molecular formula is C26H26F2N10O3. The van der Waals surface area contributed by atoms with Crippen LogP contribution in [0.2, 0.25) is 0 Å². The summed E-state index contributed by atoms with van der Waals surface area (Å²) >= 11 is 0. The van der Waals surface area contributed by atoms with Crippen LogP contribution in [0.5, 0.6) is 11.5 Å². The van der Waals surface area contributed by atoms with Crippen LogP contribution in [0.1, 0.15) is 30.5 Å². The van der Waals surface area contributed by atoms with E-state index in [0.717, 1.165) is 6.42 Å². The van der Waals surface area contributed by atoms with Crippen molar-refractivity contribution in [3.63, 3.8) is 0 Å². The Morgan fingerprint density at radius 2 is 2.10 bits per heavy atom. The molecule has 15 heteroatoms. The third-order valence-electron chi connectivity index (χ3n) is 7.19. The molecule has 2 amide bonds. The van der Waals surface area contributed by atoms with Gasteiger partial charge in [0.25, 0.3) is 5.92 Å². The molecule has 2 N–H and O–H groups in total. The Kier molecular flexibility index (Phi) is 6.62. The standard InChI is InChI=1S/C26H26F2N10O3/c1-36-22-17(12-29)18(41-15-4-7-30-20(10-15)33-25(39)37-9-5-16(14-37)40-2)13-31-23(22)34-24(36)32-21-11-19-26(27,28)6-3-8-38(19)35-21/h4,7,10-11,13,16H,3,5-6,8-9,14H2,1-2H3,(H,30,33,39)(H,31,32,34,35). The summed E-state index contributed by atoms with van der Waals surface area (Å²) in [7, 11) is 3.29. The molecule has 0 aliphatic carbocycles. The van der Waals surface area contributed by atoms with E-state index in [9.17, 15) is 18.8 Å². The minimum atomic E-state index is -2.95. The quantitative estimate of drug-likeness (QED) is 0.353. The van der Waals surface area contributed by atoms with E-state index in [-0.39, 0.29) is 58.8 Å². The van der Waals surface area contributed by atoms with E-state index in [4.69, 9.17) is 9.47 Å². The van der Waals surface area contributed by atoms with Crippen molar-refractivity contribution in [3.05, 3.63) is 41.9 Å². The zero-order valence-corrected chi connectivity index (χ0v) is 22.3. The molecule has 6 heterocycles. The maximum absolute atomic E-state index is 14.3. The lowest BCUT2D eigenvalue weighted by Crippen LogP contribution is -2.34. The molecule has 0 bridgehead atoms. The van der Waals surface area contributed by atoms with E-state index >= 15 is 0 Å². The minimum Gasteiger partial charge on any atom is -0.454 e. The van der Waals surface area contributed by atoms with Crippen molar-refractivity contribution in [1.82, 2.24) is 34.2 Å². The summed E-state index contributed by atoms with van der Waals surface area (Å²) in [6.07, 6.45) is 3.74. The van der Waals surface area contributed by atoms with Gasteiger partial charge in [-0.1, -0.05) is 0 Å². The molecule has 6 rings (SSSR count). The second-order valence-corrected chi connectivity index (χ2v) is 9.85. The van der Waals surface area contributed by atoms with Crippen molar-refractivity contribution in [2.75, 3.05) is 30.8 Å². The molecule has 0 radical (unpaired) electrons. The topological polar surface area (TPSA) is 148 Å². The van der Waals surface area contributed by atoms with Crippen molar-refractivity contribution < 1.29 is 23.0 Å². The van der Waals surface area contributed by atoms with E-state index in [1.165, 1.54) is 23.1 Å². The van der Waals surface area contributed by atoms with Crippen LogP contribution in [0, 0.1) is 11.3 Å². The normalized spacial score (nSPS) is 17.7. The maximum atomic E-state index is 14.3. The van der Waals surface area contributed by atoms with Crippen LogP contribution < -0.4 is 15.4 Å². The first-order valence-corrected chi connectivity index (χ1v) is 13.0. The minimum absolute atomic E-state index is 0.00725. The number of carbonyl (C=O) groups excluding carboxylic acids is 1. The number of amides is 2. The lowest BCUT2D eigenvalue weighted by atomic mass is 10.1. The average molecular weight is 565 g/mol. The molecule has 4 aromatic heterocycles. The SMILES string of the molecule is COC1CCN(C(=O)Nc2cc(Oc3cnc4nc(Nc5cc6n(n5)CCCC6(F)F)n(C)c4c3C#N)ccn2)C1. The summed E-state index contributed by atoms with van der Waals surface area (Å²) in [4.78, 5) is 27.2. The van der Waals surface area contributed by atoms with Gasteiger partial charge in [-0.3, -0.25) is 10.00 Å². The number of pyridine rings is 2. The van der Waals surface area contributed by atoms with Crippen LogP contribution in [0.3, 0.4) is 0 Å². The molecule has 2 aliphatic heterocycles. The van der Waals surface area contributed by atoms with Gasteiger partial charge in [0, 0.05) is 58.5 Å². The first-order chi connectivity index (χ1) is 19.8. The number of aromatic nitrogens is 6. The second kappa shape index (κ2) is 10.3. The maximum Gasteiger partial charge on any atom is 0.323 e. The van der Waals surface area contributed by atoms with Crippen molar-refractivity contribution in [2.24, 2.45) is 7.05 Å². The molecule has 0 spiro atoms. The van der Waals surface area contributed by atoms with Gasteiger partial charge in [-0.2, -0.15) is 24.1 Å². The molecule has 0 aromatic carbocycles. The number of aryl methyl sites for hydroxylation is 2. The number of imidazole rings is 1. The van der Waals surface area contributed by atoms with Gasteiger partial charge in [0.2, 0.25) is 5.95 Å². The van der Waals surface area contributed by atoms with Gasteiger partial charge in [0.05, 0.1) is 12.3 Å². The fourth-order valence-electron chi connectivity index (χ4n) is 5.05. The zero-order valence-electron chi connectivity index (χ0n) is 22.3. The van der Waals surface area contributed by atoms with Crippen molar-refractivity contribution in [3.8, 4) is 17.6 Å². The summed E-state index contributed by atoms with van der Waals surface area (Å²) in [5, 5.41) is 20.0. The molecule has 0 saturated carbocycles. The molecule has 1 atom stereocenters. The predicted molar refractivity (Wildman–Crippen MR) is 142 cm³/mol. The van der Waals surface area contributed by atoms with E-state index in [1.54, 1.807) is 35.8 Å². The summed E-state index contributed by atoms with van der Waals surface area (Å²) in [5.41, 5.74) is 0.657. The van der Waals surface area contributed by atoms with E-state index in [0.29, 0.717) is 37.3 Å². The first-order valence-electron chi connectivity index (χ1n) is 13.0. The number of rotatable bonds is 6. The third-order valence-corrected chi connectivity index (χ3v) is 7.19. The van der Waals surface area contributed by atoms with Crippen LogP contribution in [0.4, 0.5) is 31.2 Å². The van der Waals surface area contributed by atoms with Crippen LogP contribution in [0.15, 0.2) is 30.6 Å². The molecule has 1 unspecified atom stereocenters. The number of ether oxygens (including phenoxy) is 2. The summed E-state index contributed by atoms with van der Waals surface area (Å²) < 4.78 is 42.8. The van der Waals surface area contributed by atoms with Gasteiger partial charge in [0.15, 0.2) is 17.2 Å². The van der Waals surface area contributed by atoms with Crippen LogP contribution in [0.25, 0.3) is 11.2 Å². The Hall–Kier alpha value is -4.84.